The number of carbonyl (C=O) groups excluding carboxylic acids is 1. The number of hydrogen-bond acceptors (Lipinski definition) is 2. The molecule has 0 unspecified atom stereocenters. The number of benzene rings is 1. The first-order chi connectivity index (χ1) is 6.97. The van der Waals surface area contributed by atoms with Crippen LogP contribution in [0.3, 0.4) is 0 Å². The molecule has 0 saturated carbocycles. The van der Waals surface area contributed by atoms with Crippen LogP contribution in [0.2, 0.25) is 0 Å². The molecule has 0 saturated heterocycles. The Morgan fingerprint density at radius 3 is 2.53 bits per heavy atom. The van der Waals surface area contributed by atoms with E-state index in [2.05, 4.69) is 15.9 Å². The lowest BCUT2D eigenvalue weighted by Gasteiger charge is -2.07. The van der Waals surface area contributed by atoms with Crippen molar-refractivity contribution < 1.29 is 13.6 Å². The summed E-state index contributed by atoms with van der Waals surface area (Å²) in [7, 11) is 0. The molecule has 0 heterocycles. The number of alkyl halides is 2. The molecule has 0 aromatic heterocycles. The van der Waals surface area contributed by atoms with Gasteiger partial charge in [-0.1, -0.05) is 0 Å². The minimum atomic E-state index is -2.76. The van der Waals surface area contributed by atoms with E-state index in [0.717, 1.165) is 6.07 Å². The van der Waals surface area contributed by atoms with Gasteiger partial charge in [0.25, 0.3) is 6.43 Å². The lowest BCUT2D eigenvalue weighted by Crippen LogP contribution is -2.01. The molecule has 1 aromatic rings. The van der Waals surface area contributed by atoms with Crippen molar-refractivity contribution in [3.63, 3.8) is 0 Å². The number of Topliss-reactive ketones (excluding diaryl/α,β-unsaturated/α-hetero) is 1. The Morgan fingerprint density at radius 1 is 1.53 bits per heavy atom. The number of carbonyl (C=O) groups is 1. The molecule has 0 radical (unpaired) electrons. The first-order valence-electron chi connectivity index (χ1n) is 4.00. The summed E-state index contributed by atoms with van der Waals surface area (Å²) >= 11 is 3.04. The maximum Gasteiger partial charge on any atom is 0.264 e. The van der Waals surface area contributed by atoms with Gasteiger partial charge >= 0.3 is 0 Å². The van der Waals surface area contributed by atoms with Crippen molar-refractivity contribution >= 4 is 21.7 Å². The summed E-state index contributed by atoms with van der Waals surface area (Å²) in [5, 5.41) is 8.64. The van der Waals surface area contributed by atoms with E-state index in [4.69, 9.17) is 5.26 Å². The smallest absolute Gasteiger partial charge is 0.264 e. The Hall–Kier alpha value is -1.28. The van der Waals surface area contributed by atoms with Crippen LogP contribution in [0.4, 0.5) is 8.78 Å². The quantitative estimate of drug-likeness (QED) is 0.775. The van der Waals surface area contributed by atoms with Gasteiger partial charge in [-0.3, -0.25) is 4.79 Å². The average Bonchev–Trinajstić information content (AvgIpc) is 2.16. The maximum absolute atomic E-state index is 12.6. The molecule has 0 aliphatic carbocycles. The van der Waals surface area contributed by atoms with E-state index in [1.165, 1.54) is 13.0 Å². The zero-order valence-electron chi connectivity index (χ0n) is 7.72. The van der Waals surface area contributed by atoms with Crippen LogP contribution in [0.15, 0.2) is 16.6 Å². The Bertz CT molecular complexity index is 451. The van der Waals surface area contributed by atoms with Gasteiger partial charge in [0.2, 0.25) is 0 Å². The molecule has 0 bridgehead atoms. The average molecular weight is 274 g/mol. The molecular formula is C10H6BrF2NO. The van der Waals surface area contributed by atoms with Crippen molar-refractivity contribution in [2.75, 3.05) is 0 Å². The fraction of sp³-hybridized carbons (Fsp3) is 0.200. The van der Waals surface area contributed by atoms with Crippen LogP contribution in [0.5, 0.6) is 0 Å². The molecule has 5 heteroatoms. The van der Waals surface area contributed by atoms with E-state index in [1.54, 1.807) is 6.07 Å². The molecule has 0 aliphatic rings. The van der Waals surface area contributed by atoms with Gasteiger partial charge in [0.1, 0.15) is 6.07 Å². The van der Waals surface area contributed by atoms with Crippen LogP contribution in [0, 0.1) is 11.3 Å². The highest BCUT2D eigenvalue weighted by Crippen LogP contribution is 2.28. The van der Waals surface area contributed by atoms with E-state index >= 15 is 0 Å². The Morgan fingerprint density at radius 2 is 2.13 bits per heavy atom. The van der Waals surface area contributed by atoms with Crippen molar-refractivity contribution in [3.05, 3.63) is 33.3 Å². The summed E-state index contributed by atoms with van der Waals surface area (Å²) in [6, 6.07) is 4.05. The van der Waals surface area contributed by atoms with Crippen LogP contribution < -0.4 is 0 Å². The number of nitrogens with zero attached hydrogens (tertiary/aromatic N) is 1. The van der Waals surface area contributed by atoms with Crippen molar-refractivity contribution in [2.24, 2.45) is 0 Å². The highest BCUT2D eigenvalue weighted by molar-refractivity contribution is 9.10. The normalized spacial score (nSPS) is 10.1. The zero-order valence-corrected chi connectivity index (χ0v) is 9.31. The first kappa shape index (κ1) is 11.8. The van der Waals surface area contributed by atoms with Gasteiger partial charge in [-0.25, -0.2) is 8.78 Å². The summed E-state index contributed by atoms with van der Waals surface area (Å²) < 4.78 is 25.5. The molecule has 0 aliphatic heterocycles. The fourth-order valence-electron chi connectivity index (χ4n) is 1.16. The molecule has 1 rings (SSSR count). The second-order valence-corrected chi connectivity index (χ2v) is 3.74. The molecule has 0 spiro atoms. The third-order valence-electron chi connectivity index (χ3n) is 1.87. The Balaban J connectivity index is 3.47. The highest BCUT2D eigenvalue weighted by Gasteiger charge is 2.18. The topological polar surface area (TPSA) is 40.9 Å². The SMILES string of the molecule is CC(=O)c1cc(Br)c(C#N)cc1C(F)F. The van der Waals surface area contributed by atoms with Gasteiger partial charge in [0, 0.05) is 15.6 Å². The van der Waals surface area contributed by atoms with Crippen LogP contribution in [0.25, 0.3) is 0 Å². The molecule has 0 fully saturated rings. The molecule has 15 heavy (non-hydrogen) atoms. The molecular weight excluding hydrogens is 268 g/mol. The molecule has 0 N–H and O–H groups in total. The van der Waals surface area contributed by atoms with E-state index in [1.807, 2.05) is 0 Å². The summed E-state index contributed by atoms with van der Waals surface area (Å²) in [6.45, 7) is 1.21. The largest absolute Gasteiger partial charge is 0.294 e. The zero-order chi connectivity index (χ0) is 11.6. The van der Waals surface area contributed by atoms with Crippen molar-refractivity contribution in [2.45, 2.75) is 13.3 Å². The summed E-state index contributed by atoms with van der Waals surface area (Å²) in [4.78, 5) is 11.1. The second-order valence-electron chi connectivity index (χ2n) is 2.89. The Labute approximate surface area is 93.6 Å². The predicted molar refractivity (Wildman–Crippen MR) is 53.8 cm³/mol. The van der Waals surface area contributed by atoms with Crippen LogP contribution in [-0.2, 0) is 0 Å². The van der Waals surface area contributed by atoms with E-state index in [0.29, 0.717) is 4.47 Å². The highest BCUT2D eigenvalue weighted by atomic mass is 79.9. The minimum Gasteiger partial charge on any atom is -0.294 e. The molecule has 2 nitrogen and oxygen atoms in total. The van der Waals surface area contributed by atoms with Crippen molar-refractivity contribution in [1.82, 2.24) is 0 Å². The van der Waals surface area contributed by atoms with Crippen LogP contribution in [0.1, 0.15) is 34.8 Å². The minimum absolute atomic E-state index is 0.0594. The maximum atomic E-state index is 12.6. The van der Waals surface area contributed by atoms with Crippen molar-refractivity contribution in [3.8, 4) is 6.07 Å². The number of nitriles is 1. The monoisotopic (exact) mass is 273 g/mol. The summed E-state index contributed by atoms with van der Waals surface area (Å²) in [5.74, 6) is -0.449. The first-order valence-corrected chi connectivity index (χ1v) is 4.79. The lowest BCUT2D eigenvalue weighted by atomic mass is 10.0. The molecule has 0 amide bonds. The standard InChI is InChI=1S/C10H6BrF2NO/c1-5(15)7-3-9(11)6(4-14)2-8(7)10(12)13/h2-3,10H,1H3. The third kappa shape index (κ3) is 2.39. The molecule has 1 aromatic carbocycles. The van der Waals surface area contributed by atoms with Gasteiger partial charge in [0.15, 0.2) is 5.78 Å². The molecule has 0 atom stereocenters. The number of rotatable bonds is 2. The van der Waals surface area contributed by atoms with Gasteiger partial charge in [0.05, 0.1) is 5.56 Å². The second kappa shape index (κ2) is 4.49. The van der Waals surface area contributed by atoms with Gasteiger partial charge in [-0.15, -0.1) is 0 Å². The van der Waals surface area contributed by atoms with E-state index in [9.17, 15) is 13.6 Å². The predicted octanol–water partition coefficient (Wildman–Crippen LogP) is 3.46. The summed E-state index contributed by atoms with van der Waals surface area (Å²) in [6.07, 6.45) is -2.76. The number of ketones is 1. The number of halogens is 3. The third-order valence-corrected chi connectivity index (χ3v) is 2.53. The van der Waals surface area contributed by atoms with E-state index in [-0.39, 0.29) is 11.1 Å². The number of hydrogen-bond donors (Lipinski definition) is 0. The van der Waals surface area contributed by atoms with Gasteiger partial charge < -0.3 is 0 Å². The van der Waals surface area contributed by atoms with Crippen molar-refractivity contribution in [1.29, 1.82) is 5.26 Å². The van der Waals surface area contributed by atoms with E-state index < -0.39 is 17.8 Å². The van der Waals surface area contributed by atoms with Gasteiger partial charge in [-0.2, -0.15) is 5.26 Å². The lowest BCUT2D eigenvalue weighted by molar-refractivity contribution is 0.0999. The van der Waals surface area contributed by atoms with Crippen LogP contribution >= 0.6 is 15.9 Å². The fourth-order valence-corrected chi connectivity index (χ4v) is 1.59. The van der Waals surface area contributed by atoms with Crippen LogP contribution in [-0.4, -0.2) is 5.78 Å². The summed E-state index contributed by atoms with van der Waals surface area (Å²) in [5.41, 5.74) is -0.367. The molecule has 78 valence electrons. The van der Waals surface area contributed by atoms with Gasteiger partial charge in [-0.05, 0) is 35.0 Å². The Kier molecular flexibility index (Phi) is 3.53.